The molecule has 0 fully saturated rings. The summed E-state index contributed by atoms with van der Waals surface area (Å²) in [5.74, 6) is 0.220. The van der Waals surface area contributed by atoms with Gasteiger partial charge in [0.1, 0.15) is 4.90 Å². The van der Waals surface area contributed by atoms with Gasteiger partial charge in [-0.05, 0) is 24.6 Å². The summed E-state index contributed by atoms with van der Waals surface area (Å²) in [5.41, 5.74) is 0.600. The lowest BCUT2D eigenvalue weighted by molar-refractivity contribution is 0.560. The number of nitrogens with one attached hydrogen (secondary N) is 2. The summed E-state index contributed by atoms with van der Waals surface area (Å²) >= 11 is 12.3. The second-order valence-electron chi connectivity index (χ2n) is 4.86. The zero-order chi connectivity index (χ0) is 15.3. The van der Waals surface area contributed by atoms with Crippen LogP contribution in [-0.4, -0.2) is 21.5 Å². The van der Waals surface area contributed by atoms with Gasteiger partial charge >= 0.3 is 0 Å². The molecule has 4 nitrogen and oxygen atoms in total. The van der Waals surface area contributed by atoms with Crippen molar-refractivity contribution in [1.82, 2.24) is 10.0 Å². The van der Waals surface area contributed by atoms with E-state index in [-0.39, 0.29) is 15.8 Å². The molecule has 2 N–H and O–H groups in total. The zero-order valence-electron chi connectivity index (χ0n) is 11.8. The maximum Gasteiger partial charge on any atom is 0.242 e. The van der Waals surface area contributed by atoms with Gasteiger partial charge in [-0.15, -0.1) is 0 Å². The van der Waals surface area contributed by atoms with E-state index in [1.165, 1.54) is 6.07 Å². The fourth-order valence-corrected chi connectivity index (χ4v) is 3.67. The van der Waals surface area contributed by atoms with Gasteiger partial charge in [0.2, 0.25) is 10.0 Å². The highest BCUT2D eigenvalue weighted by atomic mass is 35.5. The molecular weight excluding hydrogens is 319 g/mol. The van der Waals surface area contributed by atoms with Crippen LogP contribution < -0.4 is 10.0 Å². The minimum atomic E-state index is -3.62. The van der Waals surface area contributed by atoms with Crippen molar-refractivity contribution < 1.29 is 8.42 Å². The third-order valence-corrected chi connectivity index (χ3v) is 5.04. The van der Waals surface area contributed by atoms with Gasteiger partial charge in [-0.1, -0.05) is 44.0 Å². The summed E-state index contributed by atoms with van der Waals surface area (Å²) in [7, 11) is -3.62. The second-order valence-corrected chi connectivity index (χ2v) is 7.38. The molecule has 0 heterocycles. The van der Waals surface area contributed by atoms with E-state index >= 15 is 0 Å². The van der Waals surface area contributed by atoms with Crippen molar-refractivity contribution >= 4 is 33.2 Å². The topological polar surface area (TPSA) is 58.2 Å². The first-order valence-corrected chi connectivity index (χ1v) is 8.70. The molecule has 0 atom stereocenters. The van der Waals surface area contributed by atoms with Crippen molar-refractivity contribution in [1.29, 1.82) is 0 Å². The predicted molar refractivity (Wildman–Crippen MR) is 83.9 cm³/mol. The molecule has 1 aromatic rings. The summed E-state index contributed by atoms with van der Waals surface area (Å²) in [5, 5.41) is 3.72. The SMILES string of the molecule is CCNCc1c(Cl)ccc(S(=O)(=O)NCC(C)C)c1Cl. The van der Waals surface area contributed by atoms with Gasteiger partial charge < -0.3 is 5.32 Å². The van der Waals surface area contributed by atoms with E-state index in [0.29, 0.717) is 23.7 Å². The van der Waals surface area contributed by atoms with Crippen LogP contribution in [0, 0.1) is 5.92 Å². The van der Waals surface area contributed by atoms with Gasteiger partial charge in [-0.25, -0.2) is 13.1 Å². The van der Waals surface area contributed by atoms with Gasteiger partial charge in [0.15, 0.2) is 0 Å². The molecule has 1 aromatic carbocycles. The van der Waals surface area contributed by atoms with E-state index < -0.39 is 10.0 Å². The van der Waals surface area contributed by atoms with E-state index in [0.717, 1.165) is 6.54 Å². The Morgan fingerprint density at radius 2 is 1.90 bits per heavy atom. The highest BCUT2D eigenvalue weighted by Crippen LogP contribution is 2.31. The summed E-state index contributed by atoms with van der Waals surface area (Å²) in [6.45, 7) is 7.36. The lowest BCUT2D eigenvalue weighted by Crippen LogP contribution is -2.28. The fraction of sp³-hybridized carbons (Fsp3) is 0.538. The Kier molecular flexibility index (Phi) is 6.75. The van der Waals surface area contributed by atoms with Gasteiger partial charge in [0, 0.05) is 23.7 Å². The van der Waals surface area contributed by atoms with Crippen molar-refractivity contribution in [3.05, 3.63) is 27.7 Å². The Morgan fingerprint density at radius 3 is 2.45 bits per heavy atom. The Hall–Kier alpha value is -0.330. The van der Waals surface area contributed by atoms with Gasteiger partial charge in [-0.2, -0.15) is 0 Å². The highest BCUT2D eigenvalue weighted by Gasteiger charge is 2.21. The molecular formula is C13H20Cl2N2O2S. The molecule has 0 unspecified atom stereocenters. The molecule has 0 amide bonds. The van der Waals surface area contributed by atoms with E-state index in [2.05, 4.69) is 10.0 Å². The number of sulfonamides is 1. The van der Waals surface area contributed by atoms with Crippen LogP contribution in [0.5, 0.6) is 0 Å². The molecule has 0 spiro atoms. The normalized spacial score (nSPS) is 12.1. The quantitative estimate of drug-likeness (QED) is 0.803. The van der Waals surface area contributed by atoms with E-state index in [9.17, 15) is 8.42 Å². The van der Waals surface area contributed by atoms with Crippen LogP contribution in [0.15, 0.2) is 17.0 Å². The first-order chi connectivity index (χ1) is 9.29. The average Bonchev–Trinajstić information content (AvgIpc) is 2.36. The molecule has 1 rings (SSSR count). The summed E-state index contributed by atoms with van der Waals surface area (Å²) in [4.78, 5) is 0.0668. The molecule has 0 bridgehead atoms. The van der Waals surface area contributed by atoms with E-state index in [1.807, 2.05) is 20.8 Å². The molecule has 7 heteroatoms. The molecule has 114 valence electrons. The third kappa shape index (κ3) is 4.60. The molecule has 0 saturated heterocycles. The number of hydrogen-bond acceptors (Lipinski definition) is 3. The summed E-state index contributed by atoms with van der Waals surface area (Å²) in [6, 6.07) is 2.99. The lowest BCUT2D eigenvalue weighted by atomic mass is 10.2. The number of hydrogen-bond donors (Lipinski definition) is 2. The van der Waals surface area contributed by atoms with Crippen molar-refractivity contribution in [2.45, 2.75) is 32.2 Å². The summed E-state index contributed by atoms with van der Waals surface area (Å²) in [6.07, 6.45) is 0. The Labute approximate surface area is 130 Å². The maximum absolute atomic E-state index is 12.2. The predicted octanol–water partition coefficient (Wildman–Crippen LogP) is 3.04. The molecule has 0 aliphatic carbocycles. The summed E-state index contributed by atoms with van der Waals surface area (Å²) < 4.78 is 27.0. The van der Waals surface area contributed by atoms with Gasteiger partial charge in [0.05, 0.1) is 5.02 Å². The average molecular weight is 339 g/mol. The smallest absolute Gasteiger partial charge is 0.242 e. The monoisotopic (exact) mass is 338 g/mol. The van der Waals surface area contributed by atoms with Crippen LogP contribution in [0.1, 0.15) is 26.3 Å². The van der Waals surface area contributed by atoms with E-state index in [4.69, 9.17) is 23.2 Å². The van der Waals surface area contributed by atoms with E-state index in [1.54, 1.807) is 6.07 Å². The van der Waals surface area contributed by atoms with Crippen LogP contribution in [-0.2, 0) is 16.6 Å². The molecule has 0 aliphatic rings. The standard InChI is InChI=1S/C13H20Cl2N2O2S/c1-4-16-8-10-11(14)5-6-12(13(10)15)20(18,19)17-7-9(2)3/h5-6,9,16-17H,4,7-8H2,1-3H3. The molecule has 0 aliphatic heterocycles. The highest BCUT2D eigenvalue weighted by molar-refractivity contribution is 7.89. The number of rotatable bonds is 7. The van der Waals surface area contributed by atoms with Crippen LogP contribution >= 0.6 is 23.2 Å². The molecule has 0 saturated carbocycles. The van der Waals surface area contributed by atoms with Gasteiger partial charge in [0.25, 0.3) is 0 Å². The van der Waals surface area contributed by atoms with Crippen molar-refractivity contribution in [3.63, 3.8) is 0 Å². The lowest BCUT2D eigenvalue weighted by Gasteiger charge is -2.14. The minimum absolute atomic E-state index is 0.0668. The Balaban J connectivity index is 3.12. The largest absolute Gasteiger partial charge is 0.313 e. The molecule has 0 aromatic heterocycles. The fourth-order valence-electron chi connectivity index (χ4n) is 1.55. The Bertz CT molecular complexity index is 560. The van der Waals surface area contributed by atoms with Crippen LogP contribution in [0.3, 0.4) is 0 Å². The first kappa shape index (κ1) is 17.7. The minimum Gasteiger partial charge on any atom is -0.313 e. The van der Waals surface area contributed by atoms with Crippen molar-refractivity contribution in [2.24, 2.45) is 5.92 Å². The van der Waals surface area contributed by atoms with Crippen LogP contribution in [0.4, 0.5) is 0 Å². The van der Waals surface area contributed by atoms with Gasteiger partial charge in [-0.3, -0.25) is 0 Å². The molecule has 20 heavy (non-hydrogen) atoms. The van der Waals surface area contributed by atoms with Crippen molar-refractivity contribution in [2.75, 3.05) is 13.1 Å². The Morgan fingerprint density at radius 1 is 1.25 bits per heavy atom. The molecule has 0 radical (unpaired) electrons. The van der Waals surface area contributed by atoms with Crippen LogP contribution in [0.25, 0.3) is 0 Å². The number of halogens is 2. The first-order valence-electron chi connectivity index (χ1n) is 6.46. The van der Waals surface area contributed by atoms with Crippen LogP contribution in [0.2, 0.25) is 10.0 Å². The van der Waals surface area contributed by atoms with Crippen molar-refractivity contribution in [3.8, 4) is 0 Å². The second kappa shape index (κ2) is 7.61. The third-order valence-electron chi connectivity index (χ3n) is 2.67. The number of benzene rings is 1. The zero-order valence-corrected chi connectivity index (χ0v) is 14.2. The maximum atomic E-state index is 12.2.